The highest BCUT2D eigenvalue weighted by Crippen LogP contribution is 2.10. The van der Waals surface area contributed by atoms with Gasteiger partial charge < -0.3 is 19.9 Å². The summed E-state index contributed by atoms with van der Waals surface area (Å²) in [6.45, 7) is 7.76. The molecule has 0 saturated carbocycles. The molecular formula is C15H28IN5O. The number of guanidine groups is 1. The van der Waals surface area contributed by atoms with Crippen molar-refractivity contribution >= 4 is 29.9 Å². The van der Waals surface area contributed by atoms with Crippen molar-refractivity contribution in [2.75, 3.05) is 20.2 Å². The van der Waals surface area contributed by atoms with E-state index in [1.807, 2.05) is 12.4 Å². The van der Waals surface area contributed by atoms with Gasteiger partial charge >= 0.3 is 0 Å². The van der Waals surface area contributed by atoms with Crippen LogP contribution in [0.25, 0.3) is 0 Å². The van der Waals surface area contributed by atoms with Gasteiger partial charge in [0.25, 0.3) is 0 Å². The number of rotatable bonds is 6. The average molecular weight is 421 g/mol. The van der Waals surface area contributed by atoms with E-state index in [0.717, 1.165) is 44.3 Å². The molecule has 6 nitrogen and oxygen atoms in total. The average Bonchev–Trinajstić information content (AvgIpc) is 3.10. The van der Waals surface area contributed by atoms with Gasteiger partial charge in [-0.15, -0.1) is 24.0 Å². The van der Waals surface area contributed by atoms with E-state index in [2.05, 4.69) is 39.0 Å². The predicted octanol–water partition coefficient (Wildman–Crippen LogP) is 2.00. The SMILES string of the molecule is CN=C(NCc1nccn1CC(C)C)NCC1CCCO1.I. The molecule has 0 bridgehead atoms. The fourth-order valence-corrected chi connectivity index (χ4v) is 2.47. The van der Waals surface area contributed by atoms with Gasteiger partial charge in [-0.3, -0.25) is 4.99 Å². The smallest absolute Gasteiger partial charge is 0.191 e. The molecule has 7 heteroatoms. The highest BCUT2D eigenvalue weighted by Gasteiger charge is 2.15. The monoisotopic (exact) mass is 421 g/mol. The predicted molar refractivity (Wildman–Crippen MR) is 99.7 cm³/mol. The third kappa shape index (κ3) is 6.12. The van der Waals surface area contributed by atoms with Gasteiger partial charge in [-0.25, -0.2) is 4.98 Å². The second-order valence-corrected chi connectivity index (χ2v) is 5.83. The third-order valence-corrected chi connectivity index (χ3v) is 3.52. The standard InChI is InChI=1S/C15H27N5O.HI/c1-12(2)11-20-7-6-17-14(20)10-19-15(16-3)18-9-13-5-4-8-21-13;/h6-7,12-13H,4-5,8-11H2,1-3H3,(H2,16,18,19);1H. The van der Waals surface area contributed by atoms with E-state index < -0.39 is 0 Å². The van der Waals surface area contributed by atoms with E-state index in [-0.39, 0.29) is 24.0 Å². The zero-order valence-electron chi connectivity index (χ0n) is 13.7. The number of nitrogens with one attached hydrogen (secondary N) is 2. The summed E-state index contributed by atoms with van der Waals surface area (Å²) >= 11 is 0. The van der Waals surface area contributed by atoms with Crippen molar-refractivity contribution in [3.8, 4) is 0 Å². The molecule has 1 aliphatic rings. The molecule has 1 aromatic heterocycles. The van der Waals surface area contributed by atoms with Crippen molar-refractivity contribution in [1.82, 2.24) is 20.2 Å². The number of aliphatic imine (C=N–C) groups is 1. The van der Waals surface area contributed by atoms with Crippen LogP contribution in [0.1, 0.15) is 32.5 Å². The lowest BCUT2D eigenvalue weighted by molar-refractivity contribution is 0.114. The van der Waals surface area contributed by atoms with Crippen molar-refractivity contribution in [1.29, 1.82) is 0 Å². The Morgan fingerprint density at radius 2 is 2.32 bits per heavy atom. The Balaban J connectivity index is 0.00000242. The van der Waals surface area contributed by atoms with E-state index in [0.29, 0.717) is 18.6 Å². The van der Waals surface area contributed by atoms with Gasteiger partial charge in [0.05, 0.1) is 12.6 Å². The molecular weight excluding hydrogens is 393 g/mol. The van der Waals surface area contributed by atoms with Gasteiger partial charge in [-0.05, 0) is 18.8 Å². The number of nitrogens with zero attached hydrogens (tertiary/aromatic N) is 3. The molecule has 126 valence electrons. The number of hydrogen-bond donors (Lipinski definition) is 2. The lowest BCUT2D eigenvalue weighted by atomic mass is 10.2. The van der Waals surface area contributed by atoms with Crippen LogP contribution >= 0.6 is 24.0 Å². The summed E-state index contributed by atoms with van der Waals surface area (Å²) in [5.74, 6) is 2.43. The van der Waals surface area contributed by atoms with Gasteiger partial charge in [0.1, 0.15) is 5.82 Å². The summed E-state index contributed by atoms with van der Waals surface area (Å²) < 4.78 is 7.78. The third-order valence-electron chi connectivity index (χ3n) is 3.52. The van der Waals surface area contributed by atoms with E-state index in [4.69, 9.17) is 4.74 Å². The van der Waals surface area contributed by atoms with Crippen LogP contribution in [0.4, 0.5) is 0 Å². The molecule has 1 aliphatic heterocycles. The van der Waals surface area contributed by atoms with Crippen molar-refractivity contribution in [3.63, 3.8) is 0 Å². The van der Waals surface area contributed by atoms with E-state index in [1.54, 1.807) is 7.05 Å². The summed E-state index contributed by atoms with van der Waals surface area (Å²) in [7, 11) is 1.78. The zero-order valence-corrected chi connectivity index (χ0v) is 16.0. The lowest BCUT2D eigenvalue weighted by Gasteiger charge is -2.16. The highest BCUT2D eigenvalue weighted by atomic mass is 127. The first-order valence-electron chi connectivity index (χ1n) is 7.75. The van der Waals surface area contributed by atoms with Crippen LogP contribution in [-0.4, -0.2) is 41.8 Å². The lowest BCUT2D eigenvalue weighted by Crippen LogP contribution is -2.41. The van der Waals surface area contributed by atoms with Crippen LogP contribution in [-0.2, 0) is 17.8 Å². The van der Waals surface area contributed by atoms with Gasteiger partial charge in [0.15, 0.2) is 5.96 Å². The Bertz CT molecular complexity index is 455. The molecule has 1 fully saturated rings. The molecule has 2 rings (SSSR count). The molecule has 1 unspecified atom stereocenters. The minimum Gasteiger partial charge on any atom is -0.376 e. The van der Waals surface area contributed by atoms with Crippen LogP contribution < -0.4 is 10.6 Å². The second-order valence-electron chi connectivity index (χ2n) is 5.83. The second kappa shape index (κ2) is 10.0. The summed E-state index contributed by atoms with van der Waals surface area (Å²) in [5, 5.41) is 6.62. The number of aromatic nitrogens is 2. The van der Waals surface area contributed by atoms with E-state index in [9.17, 15) is 0 Å². The van der Waals surface area contributed by atoms with Gasteiger partial charge in [0.2, 0.25) is 0 Å². The van der Waals surface area contributed by atoms with Crippen molar-refractivity contribution in [2.24, 2.45) is 10.9 Å². The normalized spacial score (nSPS) is 18.4. The number of halogens is 1. The summed E-state index contributed by atoms with van der Waals surface area (Å²) in [6, 6.07) is 0. The Kier molecular flexibility index (Phi) is 8.77. The van der Waals surface area contributed by atoms with E-state index >= 15 is 0 Å². The molecule has 0 radical (unpaired) electrons. The summed E-state index contributed by atoms with van der Waals surface area (Å²) in [4.78, 5) is 8.65. The van der Waals surface area contributed by atoms with Crippen LogP contribution in [0.2, 0.25) is 0 Å². The molecule has 0 aliphatic carbocycles. The Morgan fingerprint density at radius 3 is 2.95 bits per heavy atom. The number of imidazole rings is 1. The molecule has 2 heterocycles. The quantitative estimate of drug-likeness (QED) is 0.419. The Hall–Kier alpha value is -0.830. The van der Waals surface area contributed by atoms with Crippen LogP contribution in [0.5, 0.6) is 0 Å². The zero-order chi connectivity index (χ0) is 15.1. The molecule has 0 aromatic carbocycles. The largest absolute Gasteiger partial charge is 0.376 e. The maximum atomic E-state index is 5.60. The van der Waals surface area contributed by atoms with Crippen LogP contribution in [0.15, 0.2) is 17.4 Å². The molecule has 0 amide bonds. The number of hydrogen-bond acceptors (Lipinski definition) is 3. The minimum absolute atomic E-state index is 0. The fraction of sp³-hybridized carbons (Fsp3) is 0.733. The molecule has 1 aromatic rings. The first-order valence-corrected chi connectivity index (χ1v) is 7.75. The van der Waals surface area contributed by atoms with Gasteiger partial charge in [-0.2, -0.15) is 0 Å². The topological polar surface area (TPSA) is 63.5 Å². The first-order chi connectivity index (χ1) is 10.2. The molecule has 1 saturated heterocycles. The maximum Gasteiger partial charge on any atom is 0.191 e. The van der Waals surface area contributed by atoms with Crippen LogP contribution in [0, 0.1) is 5.92 Å². The van der Waals surface area contributed by atoms with Gasteiger partial charge in [-0.1, -0.05) is 13.8 Å². The number of ether oxygens (including phenoxy) is 1. The summed E-state index contributed by atoms with van der Waals surface area (Å²) in [5.41, 5.74) is 0. The Labute approximate surface area is 150 Å². The van der Waals surface area contributed by atoms with Crippen LogP contribution in [0.3, 0.4) is 0 Å². The maximum absolute atomic E-state index is 5.60. The molecule has 2 N–H and O–H groups in total. The fourth-order valence-electron chi connectivity index (χ4n) is 2.47. The van der Waals surface area contributed by atoms with Crippen molar-refractivity contribution < 1.29 is 4.74 Å². The summed E-state index contributed by atoms with van der Waals surface area (Å²) in [6.07, 6.45) is 6.47. The molecule has 0 spiro atoms. The minimum atomic E-state index is 0. The van der Waals surface area contributed by atoms with Crippen molar-refractivity contribution in [3.05, 3.63) is 18.2 Å². The highest BCUT2D eigenvalue weighted by molar-refractivity contribution is 14.0. The van der Waals surface area contributed by atoms with E-state index in [1.165, 1.54) is 0 Å². The first kappa shape index (κ1) is 19.2. The van der Waals surface area contributed by atoms with Crippen molar-refractivity contribution in [2.45, 2.75) is 45.9 Å². The Morgan fingerprint density at radius 1 is 1.50 bits per heavy atom. The van der Waals surface area contributed by atoms with Gasteiger partial charge in [0, 0.05) is 39.1 Å². The molecule has 22 heavy (non-hydrogen) atoms. The molecule has 1 atom stereocenters.